The van der Waals surface area contributed by atoms with E-state index in [1.165, 1.54) is 38.6 Å². The Kier molecular flexibility index (Phi) is 4.15. The molecule has 0 bridgehead atoms. The SMILES string of the molecule is CC1(C)CNC(=O)c2nc([C@H]3CCN(C4CCCCC4)C3)[nH]c2C1. The maximum atomic E-state index is 12.3. The summed E-state index contributed by atoms with van der Waals surface area (Å²) in [5, 5.41) is 3.02. The van der Waals surface area contributed by atoms with Gasteiger partial charge in [0.05, 0.1) is 0 Å². The zero-order chi connectivity index (χ0) is 16.7. The second-order valence-corrected chi connectivity index (χ2v) is 8.75. The Balaban J connectivity index is 1.50. The van der Waals surface area contributed by atoms with Gasteiger partial charge >= 0.3 is 0 Å². The van der Waals surface area contributed by atoms with Gasteiger partial charge in [0.2, 0.25) is 0 Å². The van der Waals surface area contributed by atoms with Crippen LogP contribution in [-0.2, 0) is 6.42 Å². The highest BCUT2D eigenvalue weighted by atomic mass is 16.1. The number of amides is 1. The summed E-state index contributed by atoms with van der Waals surface area (Å²) in [6.45, 7) is 7.39. The van der Waals surface area contributed by atoms with Crippen LogP contribution >= 0.6 is 0 Å². The molecule has 5 heteroatoms. The third kappa shape index (κ3) is 3.10. The Labute approximate surface area is 144 Å². The molecule has 1 amide bonds. The van der Waals surface area contributed by atoms with Crippen LogP contribution in [0.15, 0.2) is 0 Å². The van der Waals surface area contributed by atoms with Crippen molar-refractivity contribution in [1.29, 1.82) is 0 Å². The van der Waals surface area contributed by atoms with E-state index in [1.807, 2.05) is 0 Å². The van der Waals surface area contributed by atoms with E-state index in [2.05, 4.69) is 29.0 Å². The van der Waals surface area contributed by atoms with E-state index in [-0.39, 0.29) is 11.3 Å². The lowest BCUT2D eigenvalue weighted by atomic mass is 9.88. The lowest BCUT2D eigenvalue weighted by molar-refractivity contribution is 0.0940. The van der Waals surface area contributed by atoms with Gasteiger partial charge in [-0.25, -0.2) is 4.98 Å². The summed E-state index contributed by atoms with van der Waals surface area (Å²) in [7, 11) is 0. The van der Waals surface area contributed by atoms with Gasteiger partial charge in [0.1, 0.15) is 11.5 Å². The summed E-state index contributed by atoms with van der Waals surface area (Å²) < 4.78 is 0. The molecule has 1 atom stereocenters. The molecule has 0 radical (unpaired) electrons. The second-order valence-electron chi connectivity index (χ2n) is 8.75. The first-order valence-corrected chi connectivity index (χ1v) is 9.63. The van der Waals surface area contributed by atoms with Gasteiger partial charge < -0.3 is 10.3 Å². The predicted molar refractivity (Wildman–Crippen MR) is 94.2 cm³/mol. The van der Waals surface area contributed by atoms with E-state index in [0.29, 0.717) is 18.2 Å². The summed E-state index contributed by atoms with van der Waals surface area (Å²) in [5.74, 6) is 1.47. The van der Waals surface area contributed by atoms with Crippen LogP contribution in [0.3, 0.4) is 0 Å². The molecular weight excluding hydrogens is 300 g/mol. The lowest BCUT2D eigenvalue weighted by Crippen LogP contribution is -2.34. The number of aromatic amines is 1. The Bertz CT molecular complexity index is 615. The lowest BCUT2D eigenvalue weighted by Gasteiger charge is -2.30. The van der Waals surface area contributed by atoms with Crippen LogP contribution in [0.25, 0.3) is 0 Å². The molecule has 132 valence electrons. The molecule has 4 rings (SSSR count). The molecule has 0 aromatic carbocycles. The quantitative estimate of drug-likeness (QED) is 0.876. The molecule has 1 aromatic heterocycles. The van der Waals surface area contributed by atoms with Gasteiger partial charge in [0, 0.05) is 30.7 Å². The first kappa shape index (κ1) is 16.1. The number of hydrogen-bond donors (Lipinski definition) is 2. The highest BCUT2D eigenvalue weighted by Crippen LogP contribution is 2.33. The van der Waals surface area contributed by atoms with Crippen molar-refractivity contribution in [2.75, 3.05) is 19.6 Å². The Morgan fingerprint density at radius 1 is 1.17 bits per heavy atom. The molecule has 5 nitrogen and oxygen atoms in total. The zero-order valence-corrected chi connectivity index (χ0v) is 15.0. The monoisotopic (exact) mass is 330 g/mol. The highest BCUT2D eigenvalue weighted by Gasteiger charge is 2.34. The molecule has 1 aromatic rings. The number of H-pyrrole nitrogens is 1. The van der Waals surface area contributed by atoms with Gasteiger partial charge in [-0.1, -0.05) is 33.1 Å². The van der Waals surface area contributed by atoms with E-state index >= 15 is 0 Å². The maximum Gasteiger partial charge on any atom is 0.271 e. The van der Waals surface area contributed by atoms with Crippen molar-refractivity contribution in [3.8, 4) is 0 Å². The van der Waals surface area contributed by atoms with Crippen molar-refractivity contribution < 1.29 is 4.79 Å². The first-order valence-electron chi connectivity index (χ1n) is 9.63. The second kappa shape index (κ2) is 6.17. The van der Waals surface area contributed by atoms with Crippen LogP contribution in [0.5, 0.6) is 0 Å². The summed E-state index contributed by atoms with van der Waals surface area (Å²) >= 11 is 0. The van der Waals surface area contributed by atoms with Crippen molar-refractivity contribution in [1.82, 2.24) is 20.2 Å². The number of rotatable bonds is 2. The summed E-state index contributed by atoms with van der Waals surface area (Å²) in [6.07, 6.45) is 8.94. The minimum Gasteiger partial charge on any atom is -0.350 e. The number of carbonyl (C=O) groups excluding carboxylic acids is 1. The molecule has 2 fully saturated rings. The number of carbonyl (C=O) groups is 1. The molecule has 0 spiro atoms. The van der Waals surface area contributed by atoms with E-state index in [9.17, 15) is 4.79 Å². The van der Waals surface area contributed by atoms with Crippen molar-refractivity contribution in [3.63, 3.8) is 0 Å². The molecule has 0 unspecified atom stereocenters. The van der Waals surface area contributed by atoms with E-state index in [4.69, 9.17) is 4.98 Å². The van der Waals surface area contributed by atoms with Crippen LogP contribution in [0, 0.1) is 5.41 Å². The average molecular weight is 330 g/mol. The zero-order valence-electron chi connectivity index (χ0n) is 15.0. The van der Waals surface area contributed by atoms with Gasteiger partial charge in [0.25, 0.3) is 5.91 Å². The van der Waals surface area contributed by atoms with Crippen LogP contribution in [0.4, 0.5) is 0 Å². The van der Waals surface area contributed by atoms with E-state index < -0.39 is 0 Å². The van der Waals surface area contributed by atoms with E-state index in [0.717, 1.165) is 36.9 Å². The fourth-order valence-electron chi connectivity index (χ4n) is 4.67. The Morgan fingerprint density at radius 2 is 1.96 bits per heavy atom. The van der Waals surface area contributed by atoms with Crippen molar-refractivity contribution in [2.24, 2.45) is 5.41 Å². The van der Waals surface area contributed by atoms with Gasteiger partial charge in [-0.05, 0) is 37.6 Å². The molecule has 1 saturated carbocycles. The Hall–Kier alpha value is -1.36. The number of fused-ring (bicyclic) bond motifs is 1. The minimum absolute atomic E-state index is 0.0137. The number of hydrogen-bond acceptors (Lipinski definition) is 3. The third-order valence-corrected chi connectivity index (χ3v) is 6.09. The largest absolute Gasteiger partial charge is 0.350 e. The fourth-order valence-corrected chi connectivity index (χ4v) is 4.67. The Morgan fingerprint density at radius 3 is 2.75 bits per heavy atom. The van der Waals surface area contributed by atoms with Gasteiger partial charge in [-0.2, -0.15) is 0 Å². The number of aromatic nitrogens is 2. The molecule has 1 aliphatic carbocycles. The van der Waals surface area contributed by atoms with Crippen LogP contribution in [0.2, 0.25) is 0 Å². The third-order valence-electron chi connectivity index (χ3n) is 6.09. The first-order chi connectivity index (χ1) is 11.5. The maximum absolute atomic E-state index is 12.3. The molecule has 2 aliphatic heterocycles. The molecule has 3 aliphatic rings. The number of nitrogens with zero attached hydrogens (tertiary/aromatic N) is 2. The number of nitrogens with one attached hydrogen (secondary N) is 2. The summed E-state index contributed by atoms with van der Waals surface area (Å²) in [5.41, 5.74) is 1.74. The van der Waals surface area contributed by atoms with Gasteiger partial charge in [-0.3, -0.25) is 9.69 Å². The standard InChI is InChI=1S/C19H30N4O/c1-19(2)10-15-16(18(24)20-12-19)22-17(21-15)13-8-9-23(11-13)14-6-4-3-5-7-14/h13-14H,3-12H2,1-2H3,(H,20,24)(H,21,22)/t13-/m0/s1. The van der Waals surface area contributed by atoms with Crippen molar-refractivity contribution in [3.05, 3.63) is 17.2 Å². The molecule has 3 heterocycles. The van der Waals surface area contributed by atoms with Gasteiger partial charge in [-0.15, -0.1) is 0 Å². The smallest absolute Gasteiger partial charge is 0.271 e. The van der Waals surface area contributed by atoms with Crippen molar-refractivity contribution in [2.45, 2.75) is 70.8 Å². The fraction of sp³-hybridized carbons (Fsp3) is 0.789. The van der Waals surface area contributed by atoms with Gasteiger partial charge in [0.15, 0.2) is 0 Å². The minimum atomic E-state index is -0.0137. The molecule has 2 N–H and O–H groups in total. The van der Waals surface area contributed by atoms with Crippen molar-refractivity contribution >= 4 is 5.91 Å². The van der Waals surface area contributed by atoms with E-state index in [1.54, 1.807) is 0 Å². The van der Waals surface area contributed by atoms with Crippen LogP contribution in [0.1, 0.15) is 80.3 Å². The molecule has 1 saturated heterocycles. The average Bonchev–Trinajstić information content (AvgIpc) is 3.18. The summed E-state index contributed by atoms with van der Waals surface area (Å²) in [4.78, 5) is 23.2. The van der Waals surface area contributed by atoms with Crippen LogP contribution < -0.4 is 5.32 Å². The predicted octanol–water partition coefficient (Wildman–Crippen LogP) is 2.84. The number of imidazole rings is 1. The number of likely N-dealkylation sites (tertiary alicyclic amines) is 1. The normalized spacial score (nSPS) is 28.4. The topological polar surface area (TPSA) is 61.0 Å². The highest BCUT2D eigenvalue weighted by molar-refractivity contribution is 5.94. The molecule has 24 heavy (non-hydrogen) atoms. The summed E-state index contributed by atoms with van der Waals surface area (Å²) in [6, 6.07) is 0.777. The molecular formula is C19H30N4O. The van der Waals surface area contributed by atoms with Crippen LogP contribution in [-0.4, -0.2) is 46.5 Å².